The first-order chi connectivity index (χ1) is 20.5. The average Bonchev–Trinajstić information content (AvgIpc) is 2.97. The number of benzene rings is 3. The van der Waals surface area contributed by atoms with E-state index < -0.39 is 38.3 Å². The number of carbonyl (C=O) groups is 1. The van der Waals surface area contributed by atoms with Crippen LogP contribution in [0, 0.1) is 0 Å². The molecule has 224 valence electrons. The molecule has 0 bridgehead atoms. The van der Waals surface area contributed by atoms with Crippen LogP contribution in [0.15, 0.2) is 89.8 Å². The summed E-state index contributed by atoms with van der Waals surface area (Å²) in [5, 5.41) is 2.62. The zero-order valence-corrected chi connectivity index (χ0v) is 23.7. The molecule has 1 aliphatic heterocycles. The predicted molar refractivity (Wildman–Crippen MR) is 154 cm³/mol. The third kappa shape index (κ3) is 7.30. The van der Waals surface area contributed by atoms with Crippen LogP contribution in [0.25, 0.3) is 11.4 Å². The van der Waals surface area contributed by atoms with Gasteiger partial charge >= 0.3 is 12.3 Å². The van der Waals surface area contributed by atoms with Gasteiger partial charge in [-0.1, -0.05) is 30.3 Å². The van der Waals surface area contributed by atoms with Crippen LogP contribution in [-0.2, 0) is 26.5 Å². The maximum atomic E-state index is 13.6. The monoisotopic (exact) mass is 612 g/mol. The summed E-state index contributed by atoms with van der Waals surface area (Å²) in [7, 11) is -4.45. The number of rotatable bonds is 7. The normalized spacial score (nSPS) is 15.6. The number of nitrogens with one attached hydrogen (secondary N) is 1. The molecule has 0 unspecified atom stereocenters. The van der Waals surface area contributed by atoms with E-state index in [-0.39, 0.29) is 17.6 Å². The number of hydrogen-bond donors (Lipinski definition) is 1. The van der Waals surface area contributed by atoms with Crippen molar-refractivity contribution in [1.82, 2.24) is 9.97 Å². The Kier molecular flexibility index (Phi) is 8.64. The maximum absolute atomic E-state index is 13.6. The number of morpholine rings is 1. The Morgan fingerprint density at radius 3 is 2.42 bits per heavy atom. The second-order valence-electron chi connectivity index (χ2n) is 9.82. The number of hydrogen-bond acceptors (Lipinski definition) is 8. The van der Waals surface area contributed by atoms with Crippen LogP contribution in [0.4, 0.5) is 29.5 Å². The highest BCUT2D eigenvalue weighted by atomic mass is 32.2. The van der Waals surface area contributed by atoms with E-state index in [4.69, 9.17) is 9.47 Å². The highest BCUT2D eigenvalue weighted by Gasteiger charge is 2.37. The second-order valence-corrected chi connectivity index (χ2v) is 11.8. The van der Waals surface area contributed by atoms with Gasteiger partial charge in [-0.25, -0.2) is 23.2 Å². The Morgan fingerprint density at radius 1 is 1.02 bits per heavy atom. The van der Waals surface area contributed by atoms with E-state index in [2.05, 4.69) is 15.3 Å². The molecule has 1 atom stereocenters. The lowest BCUT2D eigenvalue weighted by Crippen LogP contribution is -2.44. The molecular formula is C30H27F3N4O5S. The first-order valence-corrected chi connectivity index (χ1v) is 14.9. The number of nitrogens with zero attached hydrogens (tertiary/aromatic N) is 3. The summed E-state index contributed by atoms with van der Waals surface area (Å²) in [5.41, 5.74) is -0.280. The van der Waals surface area contributed by atoms with Crippen molar-refractivity contribution in [2.45, 2.75) is 29.8 Å². The number of anilines is 2. The fourth-order valence-corrected chi connectivity index (χ4v) is 6.08. The molecule has 1 N–H and O–H groups in total. The minimum atomic E-state index is -4.85. The lowest BCUT2D eigenvalue weighted by molar-refractivity contribution is -0.139. The smallest absolute Gasteiger partial charge is 0.410 e. The van der Waals surface area contributed by atoms with Crippen molar-refractivity contribution < 1.29 is 35.9 Å². The third-order valence-electron chi connectivity index (χ3n) is 6.64. The SMILES string of the molecule is C[C@H]1COCCN1c1cc(CS(=O)(=O)c2ccccc2C(F)(F)F)nc(-c2ccc(NC(=O)Oc3ccccc3)cc2)n1. The Balaban J connectivity index is 1.45. The van der Waals surface area contributed by atoms with Gasteiger partial charge in [0.2, 0.25) is 0 Å². The van der Waals surface area contributed by atoms with Gasteiger partial charge in [-0.3, -0.25) is 5.32 Å². The van der Waals surface area contributed by atoms with Gasteiger partial charge in [0.1, 0.15) is 11.6 Å². The standard InChI is InChI=1S/C30H27F3N4O5S/c1-20-18-41-16-15-37(20)27-17-23(19-43(39,40)26-10-6-5-9-25(26)30(31,32)33)34-28(36-27)21-11-13-22(14-12-21)35-29(38)42-24-7-3-2-4-8-24/h2-14,17,20H,15-16,18-19H2,1H3,(H,35,38)/t20-/m0/s1. The van der Waals surface area contributed by atoms with Gasteiger partial charge in [-0.15, -0.1) is 0 Å². The molecule has 2 heterocycles. The van der Waals surface area contributed by atoms with Crippen molar-refractivity contribution >= 4 is 27.4 Å². The van der Waals surface area contributed by atoms with Crippen LogP contribution >= 0.6 is 0 Å². The molecule has 0 saturated carbocycles. The van der Waals surface area contributed by atoms with Crippen molar-refractivity contribution in [3.8, 4) is 17.1 Å². The van der Waals surface area contributed by atoms with Gasteiger partial charge in [-0.05, 0) is 55.5 Å². The first kappa shape index (κ1) is 30.0. The van der Waals surface area contributed by atoms with Crippen molar-refractivity contribution in [2.75, 3.05) is 30.0 Å². The first-order valence-electron chi connectivity index (χ1n) is 13.3. The molecule has 3 aromatic carbocycles. The number of halogens is 3. The van der Waals surface area contributed by atoms with Gasteiger partial charge in [0.05, 0.1) is 41.2 Å². The van der Waals surface area contributed by atoms with Crippen LogP contribution in [0.3, 0.4) is 0 Å². The van der Waals surface area contributed by atoms with Crippen LogP contribution in [0.2, 0.25) is 0 Å². The fraction of sp³-hybridized carbons (Fsp3) is 0.233. The fourth-order valence-electron chi connectivity index (χ4n) is 4.59. The molecule has 1 aromatic heterocycles. The topological polar surface area (TPSA) is 111 Å². The quantitative estimate of drug-likeness (QED) is 0.272. The second kappa shape index (κ2) is 12.4. The van der Waals surface area contributed by atoms with Crippen molar-refractivity contribution in [1.29, 1.82) is 0 Å². The molecule has 1 fully saturated rings. The molecular weight excluding hydrogens is 585 g/mol. The van der Waals surface area contributed by atoms with Crippen LogP contribution in [-0.4, -0.2) is 50.3 Å². The third-order valence-corrected chi connectivity index (χ3v) is 8.34. The summed E-state index contributed by atoms with van der Waals surface area (Å²) < 4.78 is 78.2. The van der Waals surface area contributed by atoms with Crippen molar-refractivity contribution in [2.24, 2.45) is 0 Å². The number of alkyl halides is 3. The molecule has 1 amide bonds. The summed E-state index contributed by atoms with van der Waals surface area (Å²) in [6.45, 7) is 3.25. The molecule has 9 nitrogen and oxygen atoms in total. The van der Waals surface area contributed by atoms with E-state index in [1.54, 1.807) is 54.6 Å². The number of aromatic nitrogens is 2. The molecule has 43 heavy (non-hydrogen) atoms. The van der Waals surface area contributed by atoms with E-state index in [0.717, 1.165) is 18.2 Å². The van der Waals surface area contributed by atoms with Crippen molar-refractivity contribution in [3.63, 3.8) is 0 Å². The van der Waals surface area contributed by atoms with Gasteiger partial charge in [0.25, 0.3) is 0 Å². The van der Waals surface area contributed by atoms with Gasteiger partial charge in [-0.2, -0.15) is 13.2 Å². The summed E-state index contributed by atoms with van der Waals surface area (Å²) in [5.74, 6) is 0.193. The number of para-hydroxylation sites is 1. The molecule has 5 rings (SSSR count). The summed E-state index contributed by atoms with van der Waals surface area (Å²) in [4.78, 5) is 22.5. The lowest BCUT2D eigenvalue weighted by Gasteiger charge is -2.34. The number of ether oxygens (including phenoxy) is 2. The van der Waals surface area contributed by atoms with Gasteiger partial charge in [0, 0.05) is 23.9 Å². The molecule has 4 aromatic rings. The Hall–Kier alpha value is -4.49. The molecule has 1 saturated heterocycles. The molecule has 0 spiro atoms. The largest absolute Gasteiger partial charge is 0.417 e. The minimum Gasteiger partial charge on any atom is -0.410 e. The average molecular weight is 613 g/mol. The Bertz CT molecular complexity index is 1700. The summed E-state index contributed by atoms with van der Waals surface area (Å²) >= 11 is 0. The maximum Gasteiger partial charge on any atom is 0.417 e. The van der Waals surface area contributed by atoms with E-state index in [1.807, 2.05) is 11.8 Å². The van der Waals surface area contributed by atoms with Crippen LogP contribution in [0.1, 0.15) is 18.2 Å². The lowest BCUT2D eigenvalue weighted by atomic mass is 10.2. The molecule has 0 radical (unpaired) electrons. The highest BCUT2D eigenvalue weighted by molar-refractivity contribution is 7.90. The minimum absolute atomic E-state index is 0.0318. The Morgan fingerprint density at radius 2 is 1.72 bits per heavy atom. The van der Waals surface area contributed by atoms with Gasteiger partial charge < -0.3 is 14.4 Å². The molecule has 1 aliphatic rings. The summed E-state index contributed by atoms with van der Waals surface area (Å²) in [6, 6.07) is 20.5. The predicted octanol–water partition coefficient (Wildman–Crippen LogP) is 5.97. The van der Waals surface area contributed by atoms with Gasteiger partial charge in [0.15, 0.2) is 15.7 Å². The van der Waals surface area contributed by atoms with E-state index in [0.29, 0.717) is 42.6 Å². The van der Waals surface area contributed by atoms with Crippen LogP contribution < -0.4 is 15.0 Å². The number of amides is 1. The summed E-state index contributed by atoms with van der Waals surface area (Å²) in [6.07, 6.45) is -5.54. The zero-order valence-electron chi connectivity index (χ0n) is 22.9. The molecule has 13 heteroatoms. The highest BCUT2D eigenvalue weighted by Crippen LogP contribution is 2.35. The number of sulfone groups is 1. The van der Waals surface area contributed by atoms with E-state index >= 15 is 0 Å². The van der Waals surface area contributed by atoms with E-state index in [1.165, 1.54) is 12.1 Å². The van der Waals surface area contributed by atoms with Crippen molar-refractivity contribution in [3.05, 3.63) is 96.2 Å². The Labute approximate surface area is 246 Å². The van der Waals surface area contributed by atoms with Crippen LogP contribution in [0.5, 0.6) is 5.75 Å². The van der Waals surface area contributed by atoms with E-state index in [9.17, 15) is 26.4 Å². The molecule has 0 aliphatic carbocycles. The number of carbonyl (C=O) groups excluding carboxylic acids is 1. The zero-order chi connectivity index (χ0) is 30.6.